The molecule has 0 bridgehead atoms. The van der Waals surface area contributed by atoms with E-state index in [2.05, 4.69) is 5.32 Å². The lowest BCUT2D eigenvalue weighted by Gasteiger charge is -2.23. The van der Waals surface area contributed by atoms with E-state index < -0.39 is 16.1 Å². The topological polar surface area (TPSA) is 96.0 Å². The van der Waals surface area contributed by atoms with Gasteiger partial charge in [-0.25, -0.2) is 8.42 Å². The fourth-order valence-electron chi connectivity index (χ4n) is 4.19. The Balaban J connectivity index is 1.39. The van der Waals surface area contributed by atoms with Crippen LogP contribution in [-0.4, -0.2) is 50.8 Å². The molecule has 1 N–H and O–H groups in total. The monoisotopic (exact) mass is 457 g/mol. The third-order valence-corrected chi connectivity index (χ3v) is 7.88. The summed E-state index contributed by atoms with van der Waals surface area (Å²) in [6, 6.07) is 12.9. The Morgan fingerprint density at radius 3 is 2.41 bits per heavy atom. The molecule has 4 rings (SSSR count). The number of hydrogen-bond acceptors (Lipinski definition) is 5. The molecule has 0 aromatic heterocycles. The highest BCUT2D eigenvalue weighted by Gasteiger charge is 2.39. The molecule has 32 heavy (non-hydrogen) atoms. The zero-order valence-corrected chi connectivity index (χ0v) is 18.8. The van der Waals surface area contributed by atoms with Gasteiger partial charge in [0.25, 0.3) is 0 Å². The number of rotatable bonds is 7. The van der Waals surface area contributed by atoms with Gasteiger partial charge in [-0.1, -0.05) is 12.1 Å². The maximum Gasteiger partial charge on any atom is 0.243 e. The van der Waals surface area contributed by atoms with E-state index in [1.807, 2.05) is 24.3 Å². The zero-order valence-electron chi connectivity index (χ0n) is 18.0. The van der Waals surface area contributed by atoms with Crippen molar-refractivity contribution in [2.45, 2.75) is 43.2 Å². The number of carbonyl (C=O) groups excluding carboxylic acids is 2. The molecule has 2 fully saturated rings. The van der Waals surface area contributed by atoms with E-state index in [0.717, 1.165) is 24.2 Å². The maximum atomic E-state index is 13.1. The molecule has 2 aromatic carbocycles. The molecule has 8 nitrogen and oxygen atoms in total. The van der Waals surface area contributed by atoms with Gasteiger partial charge < -0.3 is 15.0 Å². The number of hydrogen-bond donors (Lipinski definition) is 1. The SMILES string of the molecule is COc1ccc(S(=O)(=O)N2CCC[C@H]2C(=O)NCc2ccc(N3CCCC3=O)cc2)cc1. The summed E-state index contributed by atoms with van der Waals surface area (Å²) in [5, 5.41) is 2.86. The van der Waals surface area contributed by atoms with Crippen molar-refractivity contribution in [3.05, 3.63) is 54.1 Å². The summed E-state index contributed by atoms with van der Waals surface area (Å²) >= 11 is 0. The van der Waals surface area contributed by atoms with Gasteiger partial charge in [-0.3, -0.25) is 9.59 Å². The van der Waals surface area contributed by atoms with Gasteiger partial charge in [-0.05, 0) is 61.2 Å². The third-order valence-electron chi connectivity index (χ3n) is 5.96. The molecule has 0 saturated carbocycles. The van der Waals surface area contributed by atoms with Crippen LogP contribution in [0.3, 0.4) is 0 Å². The second kappa shape index (κ2) is 9.30. The Morgan fingerprint density at radius 2 is 1.78 bits per heavy atom. The molecule has 2 amide bonds. The van der Waals surface area contributed by atoms with Gasteiger partial charge in [-0.2, -0.15) is 4.31 Å². The number of benzene rings is 2. The first-order valence-corrected chi connectivity index (χ1v) is 12.2. The van der Waals surface area contributed by atoms with Gasteiger partial charge in [0.2, 0.25) is 21.8 Å². The van der Waals surface area contributed by atoms with Crippen LogP contribution < -0.4 is 15.0 Å². The summed E-state index contributed by atoms with van der Waals surface area (Å²) in [5.41, 5.74) is 1.74. The van der Waals surface area contributed by atoms with Crippen molar-refractivity contribution in [2.75, 3.05) is 25.1 Å². The number of nitrogens with one attached hydrogen (secondary N) is 1. The van der Waals surface area contributed by atoms with Gasteiger partial charge in [0.05, 0.1) is 12.0 Å². The minimum atomic E-state index is -3.78. The number of nitrogens with zero attached hydrogens (tertiary/aromatic N) is 2. The fraction of sp³-hybridized carbons (Fsp3) is 0.391. The molecule has 9 heteroatoms. The molecule has 2 aliphatic heterocycles. The fourth-order valence-corrected chi connectivity index (χ4v) is 5.85. The number of sulfonamides is 1. The van der Waals surface area contributed by atoms with E-state index in [4.69, 9.17) is 4.74 Å². The molecule has 0 spiro atoms. The van der Waals surface area contributed by atoms with Crippen molar-refractivity contribution in [1.82, 2.24) is 9.62 Å². The van der Waals surface area contributed by atoms with Gasteiger partial charge in [0.15, 0.2) is 0 Å². The Labute approximate surface area is 188 Å². The second-order valence-electron chi connectivity index (χ2n) is 7.98. The van der Waals surface area contributed by atoms with Gasteiger partial charge in [-0.15, -0.1) is 0 Å². The third kappa shape index (κ3) is 4.49. The average Bonchev–Trinajstić information content (AvgIpc) is 3.47. The molecule has 2 saturated heterocycles. The summed E-state index contributed by atoms with van der Waals surface area (Å²) in [6.45, 7) is 1.33. The predicted molar refractivity (Wildman–Crippen MR) is 120 cm³/mol. The Bertz CT molecular complexity index is 1080. The first-order valence-electron chi connectivity index (χ1n) is 10.7. The standard InChI is InChI=1S/C23H27N3O5S/c1-31-19-10-12-20(13-11-19)32(29,30)26-15-2-4-21(26)23(28)24-16-17-6-8-18(9-7-17)25-14-3-5-22(25)27/h6-13,21H,2-5,14-16H2,1H3,(H,24,28)/t21-/m0/s1. The van der Waals surface area contributed by atoms with Crippen LogP contribution in [0.15, 0.2) is 53.4 Å². The smallest absolute Gasteiger partial charge is 0.243 e. The predicted octanol–water partition coefficient (Wildman–Crippen LogP) is 2.29. The number of anilines is 1. The normalized spacial score (nSPS) is 19.3. The molecule has 0 radical (unpaired) electrons. The molecule has 2 aromatic rings. The first-order chi connectivity index (χ1) is 15.4. The number of amides is 2. The summed E-state index contributed by atoms with van der Waals surface area (Å²) in [4.78, 5) is 26.6. The Hall–Kier alpha value is -2.91. The molecule has 0 aliphatic carbocycles. The van der Waals surface area contributed by atoms with Crippen molar-refractivity contribution >= 4 is 27.5 Å². The van der Waals surface area contributed by atoms with E-state index >= 15 is 0 Å². The second-order valence-corrected chi connectivity index (χ2v) is 9.87. The van der Waals surface area contributed by atoms with Crippen LogP contribution >= 0.6 is 0 Å². The van der Waals surface area contributed by atoms with Crippen LogP contribution in [0.1, 0.15) is 31.2 Å². The summed E-state index contributed by atoms with van der Waals surface area (Å²) in [6.07, 6.45) is 2.56. The van der Waals surface area contributed by atoms with Gasteiger partial charge in [0, 0.05) is 31.7 Å². The lowest BCUT2D eigenvalue weighted by Crippen LogP contribution is -2.45. The molecule has 1 atom stereocenters. The zero-order chi connectivity index (χ0) is 22.7. The largest absolute Gasteiger partial charge is 0.497 e. The van der Waals surface area contributed by atoms with Gasteiger partial charge >= 0.3 is 0 Å². The molecular formula is C23H27N3O5S. The van der Waals surface area contributed by atoms with Crippen LogP contribution in [-0.2, 0) is 26.2 Å². The van der Waals surface area contributed by atoms with Crippen LogP contribution in [0, 0.1) is 0 Å². The summed E-state index contributed by atoms with van der Waals surface area (Å²) < 4.78 is 32.5. The minimum absolute atomic E-state index is 0.130. The highest BCUT2D eigenvalue weighted by molar-refractivity contribution is 7.89. The number of ether oxygens (including phenoxy) is 1. The number of carbonyl (C=O) groups is 2. The van der Waals surface area contributed by atoms with Crippen LogP contribution in [0.4, 0.5) is 5.69 Å². The van der Waals surface area contributed by atoms with Gasteiger partial charge in [0.1, 0.15) is 11.8 Å². The minimum Gasteiger partial charge on any atom is -0.497 e. The van der Waals surface area contributed by atoms with E-state index in [9.17, 15) is 18.0 Å². The van der Waals surface area contributed by atoms with Crippen molar-refractivity contribution in [1.29, 1.82) is 0 Å². The van der Waals surface area contributed by atoms with E-state index in [0.29, 0.717) is 38.1 Å². The average molecular weight is 458 g/mol. The first kappa shape index (κ1) is 22.3. The molecule has 2 heterocycles. The van der Waals surface area contributed by atoms with Crippen molar-refractivity contribution < 1.29 is 22.7 Å². The molecule has 0 unspecified atom stereocenters. The maximum absolute atomic E-state index is 13.1. The quantitative estimate of drug-likeness (QED) is 0.688. The van der Waals surface area contributed by atoms with Crippen LogP contribution in [0.2, 0.25) is 0 Å². The Morgan fingerprint density at radius 1 is 1.06 bits per heavy atom. The van der Waals surface area contributed by atoms with Crippen molar-refractivity contribution in [3.63, 3.8) is 0 Å². The lowest BCUT2D eigenvalue weighted by molar-refractivity contribution is -0.124. The molecular weight excluding hydrogens is 430 g/mol. The summed E-state index contributed by atoms with van der Waals surface area (Å²) in [7, 11) is -2.26. The summed E-state index contributed by atoms with van der Waals surface area (Å²) in [5.74, 6) is 0.392. The lowest BCUT2D eigenvalue weighted by atomic mass is 10.1. The number of methoxy groups -OCH3 is 1. The highest BCUT2D eigenvalue weighted by atomic mass is 32.2. The van der Waals surface area contributed by atoms with E-state index in [1.165, 1.54) is 23.5 Å². The van der Waals surface area contributed by atoms with E-state index in [1.54, 1.807) is 17.0 Å². The highest BCUT2D eigenvalue weighted by Crippen LogP contribution is 2.27. The van der Waals surface area contributed by atoms with Crippen molar-refractivity contribution in [3.8, 4) is 5.75 Å². The Kier molecular flexibility index (Phi) is 6.48. The van der Waals surface area contributed by atoms with Crippen LogP contribution in [0.5, 0.6) is 5.75 Å². The van der Waals surface area contributed by atoms with Crippen molar-refractivity contribution in [2.24, 2.45) is 0 Å². The van der Waals surface area contributed by atoms with E-state index in [-0.39, 0.29) is 16.7 Å². The molecule has 2 aliphatic rings. The molecule has 170 valence electrons. The van der Waals surface area contributed by atoms with Crippen LogP contribution in [0.25, 0.3) is 0 Å².